The smallest absolute Gasteiger partial charge is 0.123 e. The molecule has 0 radical (unpaired) electrons. The average Bonchev–Trinajstić information content (AvgIpc) is 3.65. The van der Waals surface area contributed by atoms with Crippen molar-refractivity contribution < 1.29 is 4.39 Å². The van der Waals surface area contributed by atoms with Gasteiger partial charge in [0.1, 0.15) is 5.82 Å². The molecule has 0 amide bonds. The number of hydrogen-bond acceptors (Lipinski definition) is 1. The van der Waals surface area contributed by atoms with Gasteiger partial charge in [-0.05, 0) is 86.0 Å². The lowest BCUT2D eigenvalue weighted by Gasteiger charge is -2.39. The van der Waals surface area contributed by atoms with Crippen molar-refractivity contribution in [3.05, 3.63) is 233 Å². The second-order valence-corrected chi connectivity index (χ2v) is 15.0. The minimum absolute atomic E-state index is 0.191. The van der Waals surface area contributed by atoms with Gasteiger partial charge in [0.25, 0.3) is 0 Å². The molecule has 10 rings (SSSR count). The maximum atomic E-state index is 15.0. The summed E-state index contributed by atoms with van der Waals surface area (Å²) in [5.41, 5.74) is 16.6. The molecule has 0 aromatic heterocycles. The minimum Gasteiger partial charge on any atom is -0.309 e. The second-order valence-electron chi connectivity index (χ2n) is 15.0. The highest BCUT2D eigenvalue weighted by Crippen LogP contribution is 2.60. The van der Waals surface area contributed by atoms with Crippen LogP contribution < -0.4 is 4.90 Å². The molecule has 0 fully saturated rings. The van der Waals surface area contributed by atoms with Gasteiger partial charge in [0.05, 0.1) is 22.5 Å². The molecule has 0 N–H and O–H groups in total. The topological polar surface area (TPSA) is 3.24 Å². The summed E-state index contributed by atoms with van der Waals surface area (Å²) in [4.78, 5) is 2.46. The summed E-state index contributed by atoms with van der Waals surface area (Å²) >= 11 is 0. The third-order valence-corrected chi connectivity index (χ3v) is 11.8. The third-order valence-electron chi connectivity index (χ3n) is 11.8. The van der Waals surface area contributed by atoms with Crippen molar-refractivity contribution in [2.24, 2.45) is 0 Å². The lowest BCUT2D eigenvalue weighted by Crippen LogP contribution is -2.31. The van der Waals surface area contributed by atoms with E-state index >= 15 is 4.39 Å². The van der Waals surface area contributed by atoms with Gasteiger partial charge in [0, 0.05) is 16.5 Å². The van der Waals surface area contributed by atoms with Crippen molar-refractivity contribution in [3.63, 3.8) is 0 Å². The van der Waals surface area contributed by atoms with Crippen LogP contribution in [0.3, 0.4) is 0 Å². The number of benzene rings is 8. The van der Waals surface area contributed by atoms with Crippen LogP contribution in [0.1, 0.15) is 47.2 Å². The molecule has 1 nitrogen and oxygen atoms in total. The molecule has 2 aliphatic rings. The van der Waals surface area contributed by atoms with E-state index < -0.39 is 5.41 Å². The quantitative estimate of drug-likeness (QED) is 0.167. The Morgan fingerprint density at radius 1 is 0.389 bits per heavy atom. The molecule has 0 atom stereocenters. The Kier molecular flexibility index (Phi) is 7.32. The van der Waals surface area contributed by atoms with Crippen LogP contribution in [-0.4, -0.2) is 0 Å². The first kappa shape index (κ1) is 32.2. The minimum atomic E-state index is -0.633. The molecule has 258 valence electrons. The summed E-state index contributed by atoms with van der Waals surface area (Å²) in [6.45, 7) is 4.66. The van der Waals surface area contributed by atoms with Crippen molar-refractivity contribution in [1.82, 2.24) is 0 Å². The predicted octanol–water partition coefficient (Wildman–Crippen LogP) is 13.6. The van der Waals surface area contributed by atoms with E-state index in [9.17, 15) is 0 Å². The summed E-state index contributed by atoms with van der Waals surface area (Å²) in [7, 11) is 0. The van der Waals surface area contributed by atoms with Gasteiger partial charge in [-0.15, -0.1) is 0 Å². The van der Waals surface area contributed by atoms with E-state index in [0.29, 0.717) is 0 Å². The molecule has 8 aromatic rings. The van der Waals surface area contributed by atoms with Crippen LogP contribution in [0, 0.1) is 5.82 Å². The Morgan fingerprint density at radius 2 is 0.889 bits per heavy atom. The van der Waals surface area contributed by atoms with Crippen LogP contribution in [-0.2, 0) is 10.8 Å². The summed E-state index contributed by atoms with van der Waals surface area (Å²) in [5, 5.41) is 0. The summed E-state index contributed by atoms with van der Waals surface area (Å²) < 4.78 is 15.0. The molecule has 54 heavy (non-hydrogen) atoms. The van der Waals surface area contributed by atoms with E-state index in [-0.39, 0.29) is 11.2 Å². The zero-order chi connectivity index (χ0) is 36.4. The third kappa shape index (κ3) is 4.56. The van der Waals surface area contributed by atoms with E-state index in [1.54, 1.807) is 12.1 Å². The normalized spacial score (nSPS) is 14.1. The SMILES string of the molecule is CC1(C)c2ccccc2-c2c(N(c3ccccc3-c3cccc(F)c3)c3ccccc3C3(c4ccccc4)c4ccccc4-c4ccccc43)cccc21. The maximum Gasteiger partial charge on any atom is 0.123 e. The van der Waals surface area contributed by atoms with E-state index in [0.717, 1.165) is 28.2 Å². The van der Waals surface area contributed by atoms with Crippen LogP contribution in [0.2, 0.25) is 0 Å². The Balaban J connectivity index is 1.35. The highest BCUT2D eigenvalue weighted by Gasteiger charge is 2.48. The van der Waals surface area contributed by atoms with Crippen LogP contribution in [0.5, 0.6) is 0 Å². The van der Waals surface area contributed by atoms with E-state index in [2.05, 4.69) is 189 Å². The number of halogens is 1. The zero-order valence-corrected chi connectivity index (χ0v) is 30.3. The number of rotatable bonds is 6. The fourth-order valence-electron chi connectivity index (χ4n) is 9.55. The van der Waals surface area contributed by atoms with Gasteiger partial charge in [-0.2, -0.15) is 0 Å². The molecule has 0 bridgehead atoms. The number of hydrogen-bond donors (Lipinski definition) is 0. The lowest BCUT2D eigenvalue weighted by molar-refractivity contribution is 0.628. The zero-order valence-electron chi connectivity index (χ0n) is 30.3. The highest BCUT2D eigenvalue weighted by molar-refractivity contribution is 5.99. The molecular formula is C52H38FN. The van der Waals surface area contributed by atoms with Crippen molar-refractivity contribution in [2.45, 2.75) is 24.7 Å². The number of para-hydroxylation sites is 2. The van der Waals surface area contributed by atoms with Crippen molar-refractivity contribution in [2.75, 3.05) is 4.90 Å². The summed E-state index contributed by atoms with van der Waals surface area (Å²) in [6.07, 6.45) is 0. The molecule has 0 spiro atoms. The van der Waals surface area contributed by atoms with Crippen LogP contribution in [0.25, 0.3) is 33.4 Å². The highest BCUT2D eigenvalue weighted by atomic mass is 19.1. The standard InChI is InChI=1S/C52H38FN/c1-51(2)42-26-10-8-25-41(42)50-46(51)30-17-33-49(50)54(47-31-14-9-22-38(47)35-18-16-21-37(53)34-35)48-32-15-13-29-45(48)52(36-19-4-3-5-20-36)43-27-11-6-23-39(43)40-24-7-12-28-44(40)52/h3-34H,1-2H3. The van der Waals surface area contributed by atoms with Gasteiger partial charge in [0.2, 0.25) is 0 Å². The molecule has 0 heterocycles. The molecule has 2 aliphatic carbocycles. The fraction of sp³-hybridized carbons (Fsp3) is 0.0769. The van der Waals surface area contributed by atoms with Gasteiger partial charge >= 0.3 is 0 Å². The maximum absolute atomic E-state index is 15.0. The van der Waals surface area contributed by atoms with E-state index in [4.69, 9.17) is 0 Å². The molecule has 0 saturated heterocycles. The largest absolute Gasteiger partial charge is 0.309 e. The van der Waals surface area contributed by atoms with Crippen LogP contribution in [0.4, 0.5) is 21.5 Å². The molecule has 0 unspecified atom stereocenters. The van der Waals surface area contributed by atoms with Crippen LogP contribution >= 0.6 is 0 Å². The predicted molar refractivity (Wildman–Crippen MR) is 221 cm³/mol. The van der Waals surface area contributed by atoms with Gasteiger partial charge in [-0.1, -0.05) is 178 Å². The fourth-order valence-corrected chi connectivity index (χ4v) is 9.55. The molecule has 2 heteroatoms. The van der Waals surface area contributed by atoms with Crippen molar-refractivity contribution >= 4 is 17.1 Å². The average molecular weight is 696 g/mol. The molecular weight excluding hydrogens is 658 g/mol. The Morgan fingerprint density at radius 3 is 1.57 bits per heavy atom. The van der Waals surface area contributed by atoms with E-state index in [1.807, 2.05) is 6.07 Å². The first-order valence-corrected chi connectivity index (χ1v) is 18.7. The molecule has 8 aromatic carbocycles. The Labute approximate surface area is 316 Å². The molecule has 0 saturated carbocycles. The number of anilines is 3. The summed E-state index contributed by atoms with van der Waals surface area (Å²) in [6, 6.07) is 68.7. The first-order chi connectivity index (χ1) is 26.5. The van der Waals surface area contributed by atoms with E-state index in [1.165, 1.54) is 61.7 Å². The first-order valence-electron chi connectivity index (χ1n) is 18.7. The second kappa shape index (κ2) is 12.3. The van der Waals surface area contributed by atoms with Gasteiger partial charge in [-0.25, -0.2) is 4.39 Å². The van der Waals surface area contributed by atoms with Crippen molar-refractivity contribution in [1.29, 1.82) is 0 Å². The van der Waals surface area contributed by atoms with Crippen molar-refractivity contribution in [3.8, 4) is 33.4 Å². The Hall–Kier alpha value is -6.51. The van der Waals surface area contributed by atoms with Gasteiger partial charge in [0.15, 0.2) is 0 Å². The number of nitrogens with zero attached hydrogens (tertiary/aromatic N) is 1. The number of fused-ring (bicyclic) bond motifs is 6. The van der Waals surface area contributed by atoms with Crippen LogP contribution in [0.15, 0.2) is 194 Å². The Bertz CT molecular complexity index is 2680. The van der Waals surface area contributed by atoms with Gasteiger partial charge < -0.3 is 4.90 Å². The summed E-state index contributed by atoms with van der Waals surface area (Å²) in [5.74, 6) is -0.257. The molecule has 0 aliphatic heterocycles. The monoisotopic (exact) mass is 695 g/mol. The van der Waals surface area contributed by atoms with Gasteiger partial charge in [-0.3, -0.25) is 0 Å². The lowest BCUT2D eigenvalue weighted by atomic mass is 9.67.